The number of aliphatic hydroxyl groups is 2. The van der Waals surface area contributed by atoms with Gasteiger partial charge >= 0.3 is 0 Å². The summed E-state index contributed by atoms with van der Waals surface area (Å²) in [4.78, 5) is 2.15. The molecule has 0 aliphatic rings. The van der Waals surface area contributed by atoms with Gasteiger partial charge in [-0.3, -0.25) is 4.90 Å². The molecule has 0 fully saturated rings. The van der Waals surface area contributed by atoms with Crippen molar-refractivity contribution in [3.8, 4) is 0 Å². The molecule has 0 aromatic rings. The molecular weight excluding hydrogens is 342 g/mol. The molecule has 0 amide bonds. The molecule has 0 rings (SSSR count). The fourth-order valence-corrected chi connectivity index (χ4v) is 2.79. The monoisotopic (exact) mass is 381 g/mol. The second kappa shape index (κ2) is 21.4. The summed E-state index contributed by atoms with van der Waals surface area (Å²) in [5.41, 5.74) is 0. The van der Waals surface area contributed by atoms with Crippen LogP contribution in [0.1, 0.15) is 84.0 Å². The summed E-state index contributed by atoms with van der Waals surface area (Å²) in [7, 11) is 0. The number of halogens is 1. The van der Waals surface area contributed by atoms with Gasteiger partial charge in [-0.15, -0.1) is 17.0 Å². The summed E-state index contributed by atoms with van der Waals surface area (Å²) < 4.78 is 0. The van der Waals surface area contributed by atoms with Crippen molar-refractivity contribution >= 4 is 17.0 Å². The van der Waals surface area contributed by atoms with Crippen LogP contribution < -0.4 is 0 Å². The Balaban J connectivity index is 0. The minimum absolute atomic E-state index is 0. The summed E-state index contributed by atoms with van der Waals surface area (Å²) in [6.45, 7) is 5.05. The van der Waals surface area contributed by atoms with Crippen LogP contribution >= 0.6 is 17.0 Å². The molecule has 0 spiro atoms. The largest absolute Gasteiger partial charge is 0.395 e. The van der Waals surface area contributed by atoms with Gasteiger partial charge < -0.3 is 10.2 Å². The SMILES string of the molecule is Br.CCCCCCCCCCCCCCN(CCO)CCO. The Kier molecular flexibility index (Phi) is 23.9. The van der Waals surface area contributed by atoms with Crippen molar-refractivity contribution in [1.82, 2.24) is 4.90 Å². The highest BCUT2D eigenvalue weighted by Crippen LogP contribution is 2.12. The summed E-state index contributed by atoms with van der Waals surface area (Å²) in [5, 5.41) is 17.9. The third kappa shape index (κ3) is 18.4. The maximum atomic E-state index is 8.93. The van der Waals surface area contributed by atoms with E-state index in [9.17, 15) is 0 Å². The van der Waals surface area contributed by atoms with Crippen LogP contribution in [-0.2, 0) is 0 Å². The lowest BCUT2D eigenvalue weighted by Crippen LogP contribution is -2.30. The molecule has 4 heteroatoms. The van der Waals surface area contributed by atoms with E-state index in [1.165, 1.54) is 77.0 Å². The van der Waals surface area contributed by atoms with E-state index in [1.54, 1.807) is 0 Å². The van der Waals surface area contributed by atoms with E-state index in [-0.39, 0.29) is 30.2 Å². The van der Waals surface area contributed by atoms with Crippen molar-refractivity contribution in [2.75, 3.05) is 32.8 Å². The van der Waals surface area contributed by atoms with Crippen molar-refractivity contribution in [3.05, 3.63) is 0 Å². The first kappa shape index (κ1) is 24.6. The Morgan fingerprint density at radius 1 is 0.545 bits per heavy atom. The second-order valence-electron chi connectivity index (χ2n) is 6.18. The standard InChI is InChI=1S/C18H39NO2.BrH/c1-2-3-4-5-6-7-8-9-10-11-12-13-14-19(15-17-20)16-18-21;/h20-21H,2-18H2,1H3;1H. The van der Waals surface area contributed by atoms with Gasteiger partial charge in [-0.2, -0.15) is 0 Å². The number of unbranched alkanes of at least 4 members (excludes halogenated alkanes) is 11. The van der Waals surface area contributed by atoms with Crippen LogP contribution in [0.5, 0.6) is 0 Å². The van der Waals surface area contributed by atoms with Gasteiger partial charge in [0.25, 0.3) is 0 Å². The highest BCUT2D eigenvalue weighted by molar-refractivity contribution is 8.93. The molecule has 0 atom stereocenters. The highest BCUT2D eigenvalue weighted by Gasteiger charge is 2.02. The highest BCUT2D eigenvalue weighted by atomic mass is 79.9. The van der Waals surface area contributed by atoms with Gasteiger partial charge in [0.2, 0.25) is 0 Å². The van der Waals surface area contributed by atoms with Gasteiger partial charge in [-0.05, 0) is 13.0 Å². The van der Waals surface area contributed by atoms with Crippen molar-refractivity contribution in [2.24, 2.45) is 0 Å². The zero-order valence-corrected chi connectivity index (χ0v) is 16.5. The Morgan fingerprint density at radius 3 is 1.27 bits per heavy atom. The average molecular weight is 382 g/mol. The Hall–Kier alpha value is 0.360. The van der Waals surface area contributed by atoms with Crippen LogP contribution in [0.2, 0.25) is 0 Å². The van der Waals surface area contributed by atoms with Gasteiger partial charge in [0.15, 0.2) is 0 Å². The molecule has 2 N–H and O–H groups in total. The molecule has 3 nitrogen and oxygen atoms in total. The average Bonchev–Trinajstić information content (AvgIpc) is 2.48. The van der Waals surface area contributed by atoms with Crippen molar-refractivity contribution in [3.63, 3.8) is 0 Å². The van der Waals surface area contributed by atoms with Gasteiger partial charge in [0.05, 0.1) is 13.2 Å². The molecule has 0 radical (unpaired) electrons. The summed E-state index contributed by atoms with van der Waals surface area (Å²) in [6.07, 6.45) is 16.4. The first-order valence-electron chi connectivity index (χ1n) is 9.29. The second-order valence-corrected chi connectivity index (χ2v) is 6.18. The summed E-state index contributed by atoms with van der Waals surface area (Å²) in [5.74, 6) is 0. The van der Waals surface area contributed by atoms with E-state index in [0.29, 0.717) is 13.1 Å². The molecule has 0 saturated heterocycles. The fraction of sp³-hybridized carbons (Fsp3) is 1.00. The third-order valence-electron chi connectivity index (χ3n) is 4.16. The number of aliphatic hydroxyl groups excluding tert-OH is 2. The molecule has 0 heterocycles. The lowest BCUT2D eigenvalue weighted by atomic mass is 10.1. The third-order valence-corrected chi connectivity index (χ3v) is 4.16. The van der Waals surface area contributed by atoms with Crippen LogP contribution in [-0.4, -0.2) is 48.0 Å². The zero-order chi connectivity index (χ0) is 15.6. The number of hydrogen-bond acceptors (Lipinski definition) is 3. The predicted octanol–water partition coefficient (Wildman–Crippen LogP) is 4.55. The first-order valence-corrected chi connectivity index (χ1v) is 9.29. The van der Waals surface area contributed by atoms with E-state index in [2.05, 4.69) is 11.8 Å². The molecular formula is C18H40BrNO2. The van der Waals surface area contributed by atoms with E-state index in [4.69, 9.17) is 10.2 Å². The smallest absolute Gasteiger partial charge is 0.0558 e. The van der Waals surface area contributed by atoms with Crippen molar-refractivity contribution < 1.29 is 10.2 Å². The zero-order valence-electron chi connectivity index (χ0n) is 14.8. The molecule has 0 aliphatic carbocycles. The number of nitrogens with zero attached hydrogens (tertiary/aromatic N) is 1. The van der Waals surface area contributed by atoms with Crippen LogP contribution in [0.4, 0.5) is 0 Å². The van der Waals surface area contributed by atoms with Crippen LogP contribution in [0, 0.1) is 0 Å². The molecule has 0 bridgehead atoms. The first-order chi connectivity index (χ1) is 10.3. The van der Waals surface area contributed by atoms with E-state index < -0.39 is 0 Å². The molecule has 136 valence electrons. The van der Waals surface area contributed by atoms with Gasteiger partial charge in [0, 0.05) is 13.1 Å². The van der Waals surface area contributed by atoms with E-state index in [1.807, 2.05) is 0 Å². The Morgan fingerprint density at radius 2 is 0.909 bits per heavy atom. The van der Waals surface area contributed by atoms with Gasteiger partial charge in [0.1, 0.15) is 0 Å². The van der Waals surface area contributed by atoms with Gasteiger partial charge in [-0.1, -0.05) is 77.6 Å². The van der Waals surface area contributed by atoms with Gasteiger partial charge in [-0.25, -0.2) is 0 Å². The summed E-state index contributed by atoms with van der Waals surface area (Å²) >= 11 is 0. The molecule has 0 saturated carbocycles. The minimum Gasteiger partial charge on any atom is -0.395 e. The van der Waals surface area contributed by atoms with Crippen LogP contribution in [0.15, 0.2) is 0 Å². The summed E-state index contributed by atoms with van der Waals surface area (Å²) in [6, 6.07) is 0. The fourth-order valence-electron chi connectivity index (χ4n) is 2.79. The number of rotatable bonds is 17. The van der Waals surface area contributed by atoms with Crippen LogP contribution in [0.25, 0.3) is 0 Å². The molecule has 0 aliphatic heterocycles. The van der Waals surface area contributed by atoms with Crippen LogP contribution in [0.3, 0.4) is 0 Å². The maximum absolute atomic E-state index is 8.93. The lowest BCUT2D eigenvalue weighted by Gasteiger charge is -2.19. The molecule has 0 unspecified atom stereocenters. The molecule has 0 aromatic carbocycles. The molecule has 22 heavy (non-hydrogen) atoms. The van der Waals surface area contributed by atoms with Crippen molar-refractivity contribution in [1.29, 1.82) is 0 Å². The maximum Gasteiger partial charge on any atom is 0.0558 e. The number of hydrogen-bond donors (Lipinski definition) is 2. The molecule has 0 aromatic heterocycles. The quantitative estimate of drug-likeness (QED) is 0.363. The minimum atomic E-state index is 0. The Bertz CT molecular complexity index is 188. The Labute approximate surface area is 149 Å². The normalized spacial score (nSPS) is 10.9. The van der Waals surface area contributed by atoms with E-state index in [0.717, 1.165) is 6.54 Å². The lowest BCUT2D eigenvalue weighted by molar-refractivity contribution is 0.159. The van der Waals surface area contributed by atoms with E-state index >= 15 is 0 Å². The van der Waals surface area contributed by atoms with Crippen molar-refractivity contribution in [2.45, 2.75) is 84.0 Å². The predicted molar refractivity (Wildman–Crippen MR) is 102 cm³/mol. The topological polar surface area (TPSA) is 43.7 Å².